The predicted octanol–water partition coefficient (Wildman–Crippen LogP) is 3.12. The lowest BCUT2D eigenvalue weighted by atomic mass is 10.1. The van der Waals surface area contributed by atoms with Crippen LogP contribution in [0.2, 0.25) is 0 Å². The second kappa shape index (κ2) is 6.92. The standard InChI is InChI=1S/C20H24FN3O/c1-25-19-13-17(5-6-18(19)21)24-11-9-23(10-12-24)14-16-4-2-3-15-7-8-22-20(15)16/h2-6,13,22H,7-12,14H2,1H3. The number of anilines is 2. The molecule has 1 saturated heterocycles. The van der Waals surface area contributed by atoms with Crippen molar-refractivity contribution in [3.8, 4) is 5.75 Å². The molecule has 0 spiro atoms. The van der Waals surface area contributed by atoms with Crippen molar-refractivity contribution in [1.29, 1.82) is 0 Å². The van der Waals surface area contributed by atoms with Crippen LogP contribution in [-0.4, -0.2) is 44.7 Å². The summed E-state index contributed by atoms with van der Waals surface area (Å²) in [7, 11) is 1.51. The van der Waals surface area contributed by atoms with Gasteiger partial charge in [-0.05, 0) is 29.7 Å². The normalized spacial score (nSPS) is 17.3. The lowest BCUT2D eigenvalue weighted by Crippen LogP contribution is -2.46. The average Bonchev–Trinajstić information content (AvgIpc) is 3.13. The molecule has 0 unspecified atom stereocenters. The number of nitrogens with one attached hydrogen (secondary N) is 1. The van der Waals surface area contributed by atoms with Crippen molar-refractivity contribution in [2.45, 2.75) is 13.0 Å². The molecule has 1 N–H and O–H groups in total. The first-order valence-electron chi connectivity index (χ1n) is 8.90. The summed E-state index contributed by atoms with van der Waals surface area (Å²) in [4.78, 5) is 4.79. The van der Waals surface area contributed by atoms with Gasteiger partial charge in [0, 0.05) is 56.7 Å². The van der Waals surface area contributed by atoms with Crippen LogP contribution >= 0.6 is 0 Å². The van der Waals surface area contributed by atoms with Crippen LogP contribution in [0.15, 0.2) is 36.4 Å². The maximum Gasteiger partial charge on any atom is 0.165 e. The van der Waals surface area contributed by atoms with Crippen LogP contribution < -0.4 is 15.0 Å². The summed E-state index contributed by atoms with van der Waals surface area (Å²) >= 11 is 0. The molecule has 5 heteroatoms. The monoisotopic (exact) mass is 341 g/mol. The predicted molar refractivity (Wildman–Crippen MR) is 99.1 cm³/mol. The molecule has 2 aliphatic rings. The van der Waals surface area contributed by atoms with Crippen molar-refractivity contribution in [2.75, 3.05) is 50.1 Å². The summed E-state index contributed by atoms with van der Waals surface area (Å²) in [6.07, 6.45) is 1.13. The van der Waals surface area contributed by atoms with E-state index in [1.54, 1.807) is 6.07 Å². The Morgan fingerprint density at radius 2 is 1.96 bits per heavy atom. The van der Waals surface area contributed by atoms with Gasteiger partial charge in [-0.3, -0.25) is 4.90 Å². The molecule has 25 heavy (non-hydrogen) atoms. The van der Waals surface area contributed by atoms with Gasteiger partial charge in [0.15, 0.2) is 11.6 Å². The quantitative estimate of drug-likeness (QED) is 0.925. The van der Waals surface area contributed by atoms with Gasteiger partial charge < -0.3 is 15.0 Å². The fraction of sp³-hybridized carbons (Fsp3) is 0.400. The number of hydrogen-bond donors (Lipinski definition) is 1. The van der Waals surface area contributed by atoms with E-state index in [1.807, 2.05) is 6.07 Å². The highest BCUT2D eigenvalue weighted by Crippen LogP contribution is 2.29. The third-order valence-electron chi connectivity index (χ3n) is 5.20. The van der Waals surface area contributed by atoms with E-state index in [-0.39, 0.29) is 5.82 Å². The third kappa shape index (κ3) is 3.29. The van der Waals surface area contributed by atoms with Crippen LogP contribution in [0.1, 0.15) is 11.1 Å². The number of halogens is 1. The van der Waals surface area contributed by atoms with Gasteiger partial charge in [-0.25, -0.2) is 4.39 Å². The highest BCUT2D eigenvalue weighted by molar-refractivity contribution is 5.61. The summed E-state index contributed by atoms with van der Waals surface area (Å²) < 4.78 is 18.7. The lowest BCUT2D eigenvalue weighted by molar-refractivity contribution is 0.250. The molecule has 0 bridgehead atoms. The Bertz CT molecular complexity index is 757. The maximum absolute atomic E-state index is 13.6. The maximum atomic E-state index is 13.6. The van der Waals surface area contributed by atoms with Crippen LogP contribution in [0, 0.1) is 5.82 Å². The Morgan fingerprint density at radius 3 is 2.76 bits per heavy atom. The first-order chi connectivity index (χ1) is 12.2. The lowest BCUT2D eigenvalue weighted by Gasteiger charge is -2.36. The number of para-hydroxylation sites is 1. The Kier molecular flexibility index (Phi) is 4.49. The molecule has 132 valence electrons. The molecule has 0 aliphatic carbocycles. The van der Waals surface area contributed by atoms with Crippen LogP contribution in [0.5, 0.6) is 5.75 Å². The zero-order valence-corrected chi connectivity index (χ0v) is 14.6. The zero-order chi connectivity index (χ0) is 17.2. The Labute approximate surface area is 148 Å². The molecule has 0 atom stereocenters. The molecule has 0 amide bonds. The number of piperazine rings is 1. The minimum atomic E-state index is -0.310. The Hall–Kier alpha value is -2.27. The number of rotatable bonds is 4. The third-order valence-corrected chi connectivity index (χ3v) is 5.20. The van der Waals surface area contributed by atoms with E-state index in [0.29, 0.717) is 5.75 Å². The van der Waals surface area contributed by atoms with E-state index in [1.165, 1.54) is 30.0 Å². The van der Waals surface area contributed by atoms with Crippen molar-refractivity contribution < 1.29 is 9.13 Å². The molecule has 2 heterocycles. The highest BCUT2D eigenvalue weighted by atomic mass is 19.1. The second-order valence-corrected chi connectivity index (χ2v) is 6.71. The van der Waals surface area contributed by atoms with Crippen molar-refractivity contribution in [3.63, 3.8) is 0 Å². The first kappa shape index (κ1) is 16.2. The topological polar surface area (TPSA) is 27.7 Å². The van der Waals surface area contributed by atoms with Gasteiger partial charge in [0.05, 0.1) is 7.11 Å². The van der Waals surface area contributed by atoms with E-state index in [9.17, 15) is 4.39 Å². The van der Waals surface area contributed by atoms with E-state index in [0.717, 1.165) is 51.4 Å². The first-order valence-corrected chi connectivity index (χ1v) is 8.90. The van der Waals surface area contributed by atoms with E-state index < -0.39 is 0 Å². The molecular weight excluding hydrogens is 317 g/mol. The van der Waals surface area contributed by atoms with Crippen LogP contribution in [-0.2, 0) is 13.0 Å². The molecule has 4 rings (SSSR count). The fourth-order valence-corrected chi connectivity index (χ4v) is 3.79. The van der Waals surface area contributed by atoms with Gasteiger partial charge in [-0.15, -0.1) is 0 Å². The number of fused-ring (bicyclic) bond motifs is 1. The van der Waals surface area contributed by atoms with Crippen LogP contribution in [0.4, 0.5) is 15.8 Å². The molecule has 2 aliphatic heterocycles. The van der Waals surface area contributed by atoms with Crippen molar-refractivity contribution in [2.24, 2.45) is 0 Å². The van der Waals surface area contributed by atoms with Crippen LogP contribution in [0.3, 0.4) is 0 Å². The Morgan fingerprint density at radius 1 is 1.12 bits per heavy atom. The molecule has 0 radical (unpaired) electrons. The largest absolute Gasteiger partial charge is 0.494 e. The Balaban J connectivity index is 1.40. The van der Waals surface area contributed by atoms with Gasteiger partial charge in [-0.1, -0.05) is 18.2 Å². The molecule has 2 aromatic rings. The number of ether oxygens (including phenoxy) is 1. The van der Waals surface area contributed by atoms with Crippen molar-refractivity contribution >= 4 is 11.4 Å². The summed E-state index contributed by atoms with van der Waals surface area (Å²) in [5, 5.41) is 3.52. The van der Waals surface area contributed by atoms with Gasteiger partial charge in [0.2, 0.25) is 0 Å². The summed E-state index contributed by atoms with van der Waals surface area (Å²) in [6.45, 7) is 5.92. The summed E-state index contributed by atoms with van der Waals surface area (Å²) in [5.41, 5.74) is 5.20. The van der Waals surface area contributed by atoms with Crippen molar-refractivity contribution in [3.05, 3.63) is 53.3 Å². The number of methoxy groups -OCH3 is 1. The smallest absolute Gasteiger partial charge is 0.165 e. The molecule has 2 aromatic carbocycles. The molecule has 1 fully saturated rings. The van der Waals surface area contributed by atoms with Gasteiger partial charge in [-0.2, -0.15) is 0 Å². The molecular formula is C20H24FN3O. The van der Waals surface area contributed by atoms with Crippen LogP contribution in [0.25, 0.3) is 0 Å². The fourth-order valence-electron chi connectivity index (χ4n) is 3.79. The van der Waals surface area contributed by atoms with Gasteiger partial charge >= 0.3 is 0 Å². The van der Waals surface area contributed by atoms with E-state index in [2.05, 4.69) is 33.3 Å². The van der Waals surface area contributed by atoms with Crippen molar-refractivity contribution in [1.82, 2.24) is 4.90 Å². The molecule has 0 saturated carbocycles. The summed E-state index contributed by atoms with van der Waals surface area (Å²) in [5.74, 6) is 0.00108. The zero-order valence-electron chi connectivity index (χ0n) is 14.6. The van der Waals surface area contributed by atoms with Gasteiger partial charge in [0.25, 0.3) is 0 Å². The number of nitrogens with zero attached hydrogens (tertiary/aromatic N) is 2. The second-order valence-electron chi connectivity index (χ2n) is 6.71. The number of benzene rings is 2. The SMILES string of the molecule is COc1cc(N2CCN(Cc3cccc4c3NCC4)CC2)ccc1F. The summed E-state index contributed by atoms with van der Waals surface area (Å²) in [6, 6.07) is 11.7. The van der Waals surface area contributed by atoms with Gasteiger partial charge in [0.1, 0.15) is 0 Å². The molecule has 0 aromatic heterocycles. The van der Waals surface area contributed by atoms with E-state index in [4.69, 9.17) is 4.74 Å². The minimum Gasteiger partial charge on any atom is -0.494 e. The highest BCUT2D eigenvalue weighted by Gasteiger charge is 2.21. The number of hydrogen-bond acceptors (Lipinski definition) is 4. The van der Waals surface area contributed by atoms with E-state index >= 15 is 0 Å². The molecule has 4 nitrogen and oxygen atoms in total. The average molecular weight is 341 g/mol. The minimum absolute atomic E-state index is 0.310.